The van der Waals surface area contributed by atoms with Crippen LogP contribution in [0, 0.1) is 18.6 Å². The van der Waals surface area contributed by atoms with Crippen molar-refractivity contribution in [3.63, 3.8) is 0 Å². The van der Waals surface area contributed by atoms with E-state index in [0.29, 0.717) is 45.0 Å². The number of aryl methyl sites for hydroxylation is 1. The first-order valence-corrected chi connectivity index (χ1v) is 13.5. The Balaban J connectivity index is 2.08. The number of hydrogen-bond donors (Lipinski definition) is 3. The van der Waals surface area contributed by atoms with Crippen molar-refractivity contribution >= 4 is 22.4 Å². The molecule has 0 atom stereocenters. The number of aromatic nitrogens is 2. The second kappa shape index (κ2) is 14.1. The van der Waals surface area contributed by atoms with Crippen LogP contribution in [0.1, 0.15) is 60.6 Å². The second-order valence-electron chi connectivity index (χ2n) is 9.52. The Labute approximate surface area is 242 Å². The summed E-state index contributed by atoms with van der Waals surface area (Å²) in [6, 6.07) is 9.55. The smallest absolute Gasteiger partial charge is 0.138 e. The standard InChI is InChI=1S/C35H38F2N4/c1-9-14-22(5)39-28(12-4)19-25(11-3)31-20-30(33(38-8)21-32(31)37)23(6)35-40-24(7)34(41-35)29(15-10-2)26-16-13-17-27(36)18-26/h10-13,15-21,38-39H,2,4-6,9,14H2,1,3,7-8H3,(H,40,41)/b25-11+,28-19+,29-15-. The summed E-state index contributed by atoms with van der Waals surface area (Å²) in [6.45, 7) is 21.9. The molecule has 1 aromatic heterocycles. The first-order valence-electron chi connectivity index (χ1n) is 13.5. The molecule has 3 N–H and O–H groups in total. The van der Waals surface area contributed by atoms with Gasteiger partial charge in [-0.2, -0.15) is 0 Å². The van der Waals surface area contributed by atoms with Crippen LogP contribution < -0.4 is 10.6 Å². The highest BCUT2D eigenvalue weighted by atomic mass is 19.1. The van der Waals surface area contributed by atoms with Gasteiger partial charge in [-0.05, 0) is 67.8 Å². The lowest BCUT2D eigenvalue weighted by molar-refractivity contribution is 0.624. The number of imidazole rings is 1. The van der Waals surface area contributed by atoms with E-state index in [0.717, 1.165) is 35.5 Å². The molecular weight excluding hydrogens is 514 g/mol. The fourth-order valence-corrected chi connectivity index (χ4v) is 4.53. The third kappa shape index (κ3) is 7.28. The fraction of sp³-hybridized carbons (Fsp3) is 0.171. The Kier molecular flexibility index (Phi) is 10.6. The lowest BCUT2D eigenvalue weighted by atomic mass is 9.96. The number of halogens is 2. The Bertz CT molecular complexity index is 1570. The van der Waals surface area contributed by atoms with Gasteiger partial charge in [0.15, 0.2) is 0 Å². The zero-order chi connectivity index (χ0) is 30.1. The molecule has 0 saturated carbocycles. The van der Waals surface area contributed by atoms with Crippen LogP contribution in [-0.4, -0.2) is 17.0 Å². The quantitative estimate of drug-likeness (QED) is 0.185. The largest absolute Gasteiger partial charge is 0.388 e. The SMILES string of the molecule is C=C/C=C(/c1cccc(F)c1)c1nc(C(=C)c2cc(C(/C=C(\C=C)NC(=C)CCC)=C/C)c(F)cc2NC)[nH]c1C. The summed E-state index contributed by atoms with van der Waals surface area (Å²) in [5.74, 6) is -0.212. The van der Waals surface area contributed by atoms with Gasteiger partial charge >= 0.3 is 0 Å². The van der Waals surface area contributed by atoms with Crippen molar-refractivity contribution in [2.45, 2.75) is 33.6 Å². The summed E-state index contributed by atoms with van der Waals surface area (Å²) in [4.78, 5) is 8.15. The summed E-state index contributed by atoms with van der Waals surface area (Å²) in [7, 11) is 1.73. The average Bonchev–Trinajstić information content (AvgIpc) is 3.34. The van der Waals surface area contributed by atoms with Crippen molar-refractivity contribution in [3.05, 3.63) is 150 Å². The van der Waals surface area contributed by atoms with Crippen LogP contribution in [0.2, 0.25) is 0 Å². The molecule has 0 spiro atoms. The molecule has 212 valence electrons. The van der Waals surface area contributed by atoms with Crippen molar-refractivity contribution < 1.29 is 8.78 Å². The van der Waals surface area contributed by atoms with Gasteiger partial charge in [-0.3, -0.25) is 0 Å². The molecule has 41 heavy (non-hydrogen) atoms. The van der Waals surface area contributed by atoms with Crippen molar-refractivity contribution in [1.82, 2.24) is 15.3 Å². The monoisotopic (exact) mass is 552 g/mol. The minimum Gasteiger partial charge on any atom is -0.388 e. The van der Waals surface area contributed by atoms with Gasteiger partial charge in [0.05, 0.1) is 5.69 Å². The molecule has 0 aliphatic carbocycles. The van der Waals surface area contributed by atoms with Gasteiger partial charge in [-0.25, -0.2) is 13.8 Å². The maximum atomic E-state index is 15.5. The number of aromatic amines is 1. The third-order valence-corrected chi connectivity index (χ3v) is 6.57. The van der Waals surface area contributed by atoms with Crippen LogP contribution in [0.3, 0.4) is 0 Å². The summed E-state index contributed by atoms with van der Waals surface area (Å²) < 4.78 is 29.5. The highest BCUT2D eigenvalue weighted by molar-refractivity contribution is 5.88. The Morgan fingerprint density at radius 1 is 1.10 bits per heavy atom. The van der Waals surface area contributed by atoms with Gasteiger partial charge in [0.1, 0.15) is 17.5 Å². The maximum absolute atomic E-state index is 15.5. The Morgan fingerprint density at radius 3 is 2.46 bits per heavy atom. The fourth-order valence-electron chi connectivity index (χ4n) is 4.53. The van der Waals surface area contributed by atoms with E-state index in [1.165, 1.54) is 18.2 Å². The third-order valence-electron chi connectivity index (χ3n) is 6.57. The molecule has 1 heterocycles. The molecule has 0 saturated heterocycles. The van der Waals surface area contributed by atoms with Crippen LogP contribution >= 0.6 is 0 Å². The molecule has 0 amide bonds. The molecule has 0 aliphatic heterocycles. The first-order chi connectivity index (χ1) is 19.7. The summed E-state index contributed by atoms with van der Waals surface area (Å²) in [6.07, 6.45) is 10.6. The molecule has 0 bridgehead atoms. The predicted molar refractivity (Wildman–Crippen MR) is 170 cm³/mol. The molecule has 6 heteroatoms. The molecular formula is C35H38F2N4. The van der Waals surface area contributed by atoms with E-state index in [4.69, 9.17) is 4.98 Å². The summed E-state index contributed by atoms with van der Waals surface area (Å²) in [5.41, 5.74) is 7.29. The Morgan fingerprint density at radius 2 is 1.85 bits per heavy atom. The summed E-state index contributed by atoms with van der Waals surface area (Å²) >= 11 is 0. The lowest BCUT2D eigenvalue weighted by Crippen LogP contribution is -2.10. The van der Waals surface area contributed by atoms with E-state index >= 15 is 4.39 Å². The van der Waals surface area contributed by atoms with Gasteiger partial charge in [0.2, 0.25) is 0 Å². The van der Waals surface area contributed by atoms with Crippen LogP contribution in [0.25, 0.3) is 16.7 Å². The molecule has 0 aliphatic rings. The zero-order valence-electron chi connectivity index (χ0n) is 24.3. The van der Waals surface area contributed by atoms with Crippen molar-refractivity contribution in [2.24, 2.45) is 0 Å². The topological polar surface area (TPSA) is 52.7 Å². The molecule has 3 rings (SSSR count). The van der Waals surface area contributed by atoms with Gasteiger partial charge < -0.3 is 15.6 Å². The number of allylic oxidation sites excluding steroid dienone is 7. The number of benzene rings is 2. The van der Waals surface area contributed by atoms with E-state index in [2.05, 4.69) is 48.9 Å². The summed E-state index contributed by atoms with van der Waals surface area (Å²) in [5, 5.41) is 6.33. The lowest BCUT2D eigenvalue weighted by Gasteiger charge is -2.16. The van der Waals surface area contributed by atoms with Crippen molar-refractivity contribution in [3.8, 4) is 0 Å². The van der Waals surface area contributed by atoms with E-state index in [-0.39, 0.29) is 11.6 Å². The van der Waals surface area contributed by atoms with Crippen LogP contribution in [-0.2, 0) is 0 Å². The van der Waals surface area contributed by atoms with E-state index in [1.54, 1.807) is 37.4 Å². The molecule has 3 aromatic rings. The van der Waals surface area contributed by atoms with Crippen molar-refractivity contribution in [1.29, 1.82) is 0 Å². The molecule has 0 radical (unpaired) electrons. The zero-order valence-corrected chi connectivity index (χ0v) is 24.3. The van der Waals surface area contributed by atoms with Crippen molar-refractivity contribution in [2.75, 3.05) is 12.4 Å². The number of nitrogens with one attached hydrogen (secondary N) is 3. The molecule has 0 fully saturated rings. The van der Waals surface area contributed by atoms with E-state index < -0.39 is 0 Å². The first kappa shape index (κ1) is 30.8. The second-order valence-corrected chi connectivity index (χ2v) is 9.52. The minimum absolute atomic E-state index is 0.342. The number of H-pyrrole nitrogens is 1. The minimum atomic E-state index is -0.385. The number of anilines is 1. The molecule has 0 unspecified atom stereocenters. The average molecular weight is 553 g/mol. The number of rotatable bonds is 13. The van der Waals surface area contributed by atoms with E-state index in [9.17, 15) is 4.39 Å². The highest BCUT2D eigenvalue weighted by Crippen LogP contribution is 2.34. The number of hydrogen-bond acceptors (Lipinski definition) is 3. The number of nitrogens with zero attached hydrogens (tertiary/aromatic N) is 1. The van der Waals surface area contributed by atoms with Gasteiger partial charge in [-0.1, -0.05) is 70.0 Å². The normalized spacial score (nSPS) is 12.2. The Hall–Kier alpha value is -4.71. The molecule has 2 aromatic carbocycles. The van der Waals surface area contributed by atoms with Crippen LogP contribution in [0.15, 0.2) is 104 Å². The van der Waals surface area contributed by atoms with Gasteiger partial charge in [-0.15, -0.1) is 0 Å². The van der Waals surface area contributed by atoms with Crippen LogP contribution in [0.4, 0.5) is 14.5 Å². The highest BCUT2D eigenvalue weighted by Gasteiger charge is 2.20. The maximum Gasteiger partial charge on any atom is 0.138 e. The predicted octanol–water partition coefficient (Wildman–Crippen LogP) is 9.09. The van der Waals surface area contributed by atoms with Gasteiger partial charge in [0.25, 0.3) is 0 Å². The van der Waals surface area contributed by atoms with Gasteiger partial charge in [0, 0.05) is 52.1 Å². The van der Waals surface area contributed by atoms with E-state index in [1.807, 2.05) is 32.1 Å². The van der Waals surface area contributed by atoms with Crippen LogP contribution in [0.5, 0.6) is 0 Å². The molecule has 4 nitrogen and oxygen atoms in total.